The summed E-state index contributed by atoms with van der Waals surface area (Å²) < 4.78 is 26.4. The van der Waals surface area contributed by atoms with E-state index in [1.54, 1.807) is 6.07 Å². The number of imidazole rings is 1. The van der Waals surface area contributed by atoms with Gasteiger partial charge in [-0.15, -0.1) is 0 Å². The van der Waals surface area contributed by atoms with Crippen LogP contribution in [0.3, 0.4) is 0 Å². The van der Waals surface area contributed by atoms with E-state index < -0.39 is 6.43 Å². The Bertz CT molecular complexity index is 542. The first-order chi connectivity index (χ1) is 7.09. The number of hydrogen-bond acceptors (Lipinski definition) is 1. The van der Waals surface area contributed by atoms with Crippen molar-refractivity contribution >= 4 is 23.3 Å². The maximum Gasteiger partial charge on any atom is 0.256 e. The van der Waals surface area contributed by atoms with E-state index in [0.29, 0.717) is 4.77 Å². The Labute approximate surface area is 90.5 Å². The second kappa shape index (κ2) is 3.73. The lowest BCUT2D eigenvalue weighted by atomic mass is 10.2. The van der Waals surface area contributed by atoms with Crippen molar-refractivity contribution in [3.8, 4) is 0 Å². The van der Waals surface area contributed by atoms with Gasteiger partial charge in [-0.25, -0.2) is 8.78 Å². The molecule has 0 fully saturated rings. The fourth-order valence-corrected chi connectivity index (χ4v) is 1.92. The Morgan fingerprint density at radius 1 is 1.47 bits per heavy atom. The van der Waals surface area contributed by atoms with Crippen LogP contribution in [0.4, 0.5) is 8.78 Å². The molecule has 5 heteroatoms. The molecule has 1 aromatic carbocycles. The number of aryl methyl sites for hydroxylation is 1. The first-order valence-electron chi connectivity index (χ1n) is 4.56. The lowest BCUT2D eigenvalue weighted by Gasteiger charge is -2.03. The summed E-state index contributed by atoms with van der Waals surface area (Å²) in [5, 5.41) is 0. The zero-order valence-corrected chi connectivity index (χ0v) is 8.94. The number of benzene rings is 1. The molecule has 0 saturated heterocycles. The van der Waals surface area contributed by atoms with Gasteiger partial charge in [0.25, 0.3) is 6.43 Å². The molecule has 1 aromatic heterocycles. The van der Waals surface area contributed by atoms with Gasteiger partial charge >= 0.3 is 0 Å². The third kappa shape index (κ3) is 1.79. The topological polar surface area (TPSA) is 20.7 Å². The molecular weight excluding hydrogens is 218 g/mol. The van der Waals surface area contributed by atoms with E-state index in [9.17, 15) is 8.78 Å². The number of H-pyrrole nitrogens is 1. The molecule has 0 aliphatic heterocycles. The van der Waals surface area contributed by atoms with Gasteiger partial charge in [-0.05, 0) is 30.8 Å². The molecular formula is C10H10F2N2S. The Morgan fingerprint density at radius 2 is 2.20 bits per heavy atom. The average Bonchev–Trinajstić information content (AvgIpc) is 2.45. The number of alkyl halides is 2. The van der Waals surface area contributed by atoms with Crippen molar-refractivity contribution in [2.45, 2.75) is 19.9 Å². The zero-order valence-electron chi connectivity index (χ0n) is 8.13. The third-order valence-corrected chi connectivity index (χ3v) is 2.66. The number of nitrogens with one attached hydrogen (secondary N) is 1. The number of hydrogen-bond donors (Lipinski definition) is 1. The van der Waals surface area contributed by atoms with Crippen LogP contribution in [0.2, 0.25) is 0 Å². The van der Waals surface area contributed by atoms with E-state index in [1.165, 1.54) is 4.57 Å². The monoisotopic (exact) mass is 228 g/mol. The predicted octanol–water partition coefficient (Wildman–Crippen LogP) is 3.27. The maximum absolute atomic E-state index is 12.3. The lowest BCUT2D eigenvalue weighted by Crippen LogP contribution is -2.06. The summed E-state index contributed by atoms with van der Waals surface area (Å²) >= 11 is 5.01. The molecule has 0 atom stereocenters. The quantitative estimate of drug-likeness (QED) is 0.782. The van der Waals surface area contributed by atoms with Crippen molar-refractivity contribution in [2.24, 2.45) is 0 Å². The minimum atomic E-state index is -2.39. The zero-order chi connectivity index (χ0) is 11.0. The van der Waals surface area contributed by atoms with E-state index in [-0.39, 0.29) is 6.54 Å². The van der Waals surface area contributed by atoms with Gasteiger partial charge in [-0.2, -0.15) is 0 Å². The van der Waals surface area contributed by atoms with Gasteiger partial charge in [0.05, 0.1) is 17.6 Å². The van der Waals surface area contributed by atoms with E-state index in [0.717, 1.165) is 16.6 Å². The molecule has 0 radical (unpaired) electrons. The Morgan fingerprint density at radius 3 is 2.87 bits per heavy atom. The highest BCUT2D eigenvalue weighted by atomic mass is 32.1. The molecule has 0 aliphatic carbocycles. The van der Waals surface area contributed by atoms with Crippen LogP contribution in [0.15, 0.2) is 18.2 Å². The number of aromatic nitrogens is 2. The van der Waals surface area contributed by atoms with E-state index in [1.807, 2.05) is 19.1 Å². The second-order valence-corrected chi connectivity index (χ2v) is 3.79. The van der Waals surface area contributed by atoms with Gasteiger partial charge in [0.15, 0.2) is 4.77 Å². The number of fused-ring (bicyclic) bond motifs is 1. The van der Waals surface area contributed by atoms with Gasteiger partial charge < -0.3 is 9.55 Å². The second-order valence-electron chi connectivity index (χ2n) is 3.40. The number of aromatic amines is 1. The van der Waals surface area contributed by atoms with Crippen LogP contribution in [-0.2, 0) is 6.54 Å². The van der Waals surface area contributed by atoms with E-state index in [4.69, 9.17) is 12.2 Å². The normalized spacial score (nSPS) is 11.5. The molecule has 0 unspecified atom stereocenters. The minimum absolute atomic E-state index is 0.347. The molecule has 0 spiro atoms. The molecule has 2 aromatic rings. The molecule has 2 rings (SSSR count). The predicted molar refractivity (Wildman–Crippen MR) is 57.9 cm³/mol. The van der Waals surface area contributed by atoms with Crippen molar-refractivity contribution in [3.05, 3.63) is 28.5 Å². The van der Waals surface area contributed by atoms with Crippen molar-refractivity contribution in [1.29, 1.82) is 0 Å². The van der Waals surface area contributed by atoms with Crippen LogP contribution in [0, 0.1) is 11.7 Å². The van der Waals surface area contributed by atoms with E-state index >= 15 is 0 Å². The largest absolute Gasteiger partial charge is 0.330 e. The number of para-hydroxylation sites is 1. The van der Waals surface area contributed by atoms with Gasteiger partial charge in [-0.1, -0.05) is 12.1 Å². The molecule has 15 heavy (non-hydrogen) atoms. The summed E-state index contributed by atoms with van der Waals surface area (Å²) in [6.45, 7) is 1.56. The standard InChI is InChI=1S/C10H10F2N2S/c1-6-3-2-4-7-9(6)13-10(15)14(7)5-8(11)12/h2-4,8H,5H2,1H3,(H,13,15). The highest BCUT2D eigenvalue weighted by molar-refractivity contribution is 7.71. The van der Waals surface area contributed by atoms with Gasteiger partial charge in [0.1, 0.15) is 0 Å². The van der Waals surface area contributed by atoms with Crippen molar-refractivity contribution in [1.82, 2.24) is 9.55 Å². The first-order valence-corrected chi connectivity index (χ1v) is 4.96. The van der Waals surface area contributed by atoms with Crippen LogP contribution in [-0.4, -0.2) is 16.0 Å². The summed E-state index contributed by atoms with van der Waals surface area (Å²) in [6.07, 6.45) is -2.39. The maximum atomic E-state index is 12.3. The summed E-state index contributed by atoms with van der Waals surface area (Å²) in [6, 6.07) is 5.54. The van der Waals surface area contributed by atoms with Crippen LogP contribution in [0.25, 0.3) is 11.0 Å². The Balaban J connectivity index is 2.69. The molecule has 80 valence electrons. The van der Waals surface area contributed by atoms with Gasteiger partial charge in [-0.3, -0.25) is 0 Å². The van der Waals surface area contributed by atoms with Crippen LogP contribution in [0.5, 0.6) is 0 Å². The van der Waals surface area contributed by atoms with Crippen LogP contribution < -0.4 is 0 Å². The smallest absolute Gasteiger partial charge is 0.256 e. The Kier molecular flexibility index (Phi) is 2.56. The number of halogens is 2. The lowest BCUT2D eigenvalue weighted by molar-refractivity contribution is 0.127. The van der Waals surface area contributed by atoms with Crippen LogP contribution >= 0.6 is 12.2 Å². The summed E-state index contributed by atoms with van der Waals surface area (Å²) in [5.41, 5.74) is 2.58. The number of rotatable bonds is 2. The SMILES string of the molecule is Cc1cccc2c1[nH]c(=S)n2CC(F)F. The van der Waals surface area contributed by atoms with Crippen molar-refractivity contribution in [3.63, 3.8) is 0 Å². The van der Waals surface area contributed by atoms with Crippen LogP contribution in [0.1, 0.15) is 5.56 Å². The van der Waals surface area contributed by atoms with Gasteiger partial charge in [0, 0.05) is 0 Å². The molecule has 0 amide bonds. The average molecular weight is 228 g/mol. The highest BCUT2D eigenvalue weighted by Gasteiger charge is 2.10. The Hall–Kier alpha value is -1.23. The van der Waals surface area contributed by atoms with Gasteiger partial charge in [0.2, 0.25) is 0 Å². The molecule has 1 heterocycles. The fourth-order valence-electron chi connectivity index (χ4n) is 1.64. The molecule has 2 nitrogen and oxygen atoms in total. The molecule has 1 N–H and O–H groups in total. The molecule has 0 aliphatic rings. The van der Waals surface area contributed by atoms with Crippen molar-refractivity contribution in [2.75, 3.05) is 0 Å². The molecule has 0 bridgehead atoms. The first kappa shape index (κ1) is 10.3. The van der Waals surface area contributed by atoms with Crippen molar-refractivity contribution < 1.29 is 8.78 Å². The summed E-state index contributed by atoms with van der Waals surface area (Å²) in [5.74, 6) is 0. The highest BCUT2D eigenvalue weighted by Crippen LogP contribution is 2.18. The number of nitrogens with zero attached hydrogens (tertiary/aromatic N) is 1. The minimum Gasteiger partial charge on any atom is -0.330 e. The molecule has 0 saturated carbocycles. The fraction of sp³-hybridized carbons (Fsp3) is 0.300. The summed E-state index contributed by atoms with van der Waals surface area (Å²) in [4.78, 5) is 2.95. The third-order valence-electron chi connectivity index (χ3n) is 2.34. The van der Waals surface area contributed by atoms with E-state index in [2.05, 4.69) is 4.98 Å². The summed E-state index contributed by atoms with van der Waals surface area (Å²) in [7, 11) is 0.